The highest BCUT2D eigenvalue weighted by Gasteiger charge is 2.13. The number of aromatic nitrogens is 4. The van der Waals surface area contributed by atoms with Crippen LogP contribution in [0.3, 0.4) is 0 Å². The molecule has 0 saturated heterocycles. The summed E-state index contributed by atoms with van der Waals surface area (Å²) >= 11 is 0. The second-order valence-corrected chi connectivity index (χ2v) is 6.97. The second-order valence-electron chi connectivity index (χ2n) is 6.97. The van der Waals surface area contributed by atoms with Crippen LogP contribution in [-0.2, 0) is 0 Å². The van der Waals surface area contributed by atoms with Crippen LogP contribution in [0, 0.1) is 18.3 Å². The van der Waals surface area contributed by atoms with Gasteiger partial charge in [0.15, 0.2) is 0 Å². The van der Waals surface area contributed by atoms with Gasteiger partial charge in [-0.05, 0) is 30.7 Å². The predicted octanol–water partition coefficient (Wildman–Crippen LogP) is 4.48. The van der Waals surface area contributed by atoms with Crippen LogP contribution in [0.2, 0.25) is 0 Å². The van der Waals surface area contributed by atoms with Crippen molar-refractivity contribution in [2.75, 3.05) is 11.9 Å². The summed E-state index contributed by atoms with van der Waals surface area (Å²) in [5.74, 6) is 0.938. The number of hydrogen-bond donors (Lipinski definition) is 1. The van der Waals surface area contributed by atoms with Gasteiger partial charge in [0.2, 0.25) is 0 Å². The highest BCUT2D eigenvalue weighted by molar-refractivity contribution is 5.87. The van der Waals surface area contributed by atoms with Gasteiger partial charge in [-0.2, -0.15) is 5.26 Å². The van der Waals surface area contributed by atoms with Crippen LogP contribution in [0.25, 0.3) is 22.2 Å². The maximum absolute atomic E-state index is 9.34. The molecule has 142 valence electrons. The number of nitrogens with zero attached hydrogens (tertiary/aromatic N) is 5. The van der Waals surface area contributed by atoms with Crippen LogP contribution in [0.5, 0.6) is 0 Å². The summed E-state index contributed by atoms with van der Waals surface area (Å²) in [6, 6.07) is 15.9. The molecular formula is C23H20N6. The third kappa shape index (κ3) is 3.90. The Balaban J connectivity index is 1.54. The first kappa shape index (κ1) is 18.5. The normalized spacial score (nSPS) is 11.8. The highest BCUT2D eigenvalue weighted by Crippen LogP contribution is 2.26. The topological polar surface area (TPSA) is 87.4 Å². The summed E-state index contributed by atoms with van der Waals surface area (Å²) in [7, 11) is 0. The van der Waals surface area contributed by atoms with E-state index in [-0.39, 0.29) is 5.92 Å². The number of anilines is 1. The van der Waals surface area contributed by atoms with Gasteiger partial charge in [-0.3, -0.25) is 9.97 Å². The van der Waals surface area contributed by atoms with Crippen LogP contribution in [0.1, 0.15) is 29.7 Å². The summed E-state index contributed by atoms with van der Waals surface area (Å²) in [5, 5.41) is 13.6. The smallest absolute Gasteiger partial charge is 0.129 e. The van der Waals surface area contributed by atoms with E-state index < -0.39 is 0 Å². The lowest BCUT2D eigenvalue weighted by atomic mass is 9.96. The summed E-state index contributed by atoms with van der Waals surface area (Å²) in [6.45, 7) is 4.77. The zero-order valence-corrected chi connectivity index (χ0v) is 16.3. The number of rotatable bonds is 5. The molecule has 6 heteroatoms. The van der Waals surface area contributed by atoms with Crippen molar-refractivity contribution in [3.05, 3.63) is 78.0 Å². The van der Waals surface area contributed by atoms with E-state index in [1.165, 1.54) is 0 Å². The molecule has 0 aliphatic heterocycles. The summed E-state index contributed by atoms with van der Waals surface area (Å²) in [4.78, 5) is 17.5. The Bertz CT molecular complexity index is 1190. The lowest BCUT2D eigenvalue weighted by molar-refractivity contribution is 0.805. The van der Waals surface area contributed by atoms with Crippen LogP contribution in [-0.4, -0.2) is 26.5 Å². The molecule has 1 atom stereocenters. The summed E-state index contributed by atoms with van der Waals surface area (Å²) < 4.78 is 0. The van der Waals surface area contributed by atoms with Gasteiger partial charge in [-0.15, -0.1) is 0 Å². The van der Waals surface area contributed by atoms with Gasteiger partial charge in [0.05, 0.1) is 22.8 Å². The average molecular weight is 380 g/mol. The van der Waals surface area contributed by atoms with E-state index in [0.717, 1.165) is 39.2 Å². The fourth-order valence-electron chi connectivity index (χ4n) is 3.29. The third-order valence-corrected chi connectivity index (χ3v) is 4.92. The number of para-hydroxylation sites is 1. The number of benzene rings is 1. The molecular weight excluding hydrogens is 360 g/mol. The molecule has 29 heavy (non-hydrogen) atoms. The SMILES string of the molecule is Cc1ccc(-c2cc(NCC(C)c3cccc4c(C#N)ccnc34)ncn2)cn1. The van der Waals surface area contributed by atoms with Gasteiger partial charge in [-0.25, -0.2) is 9.97 Å². The molecule has 0 aliphatic carbocycles. The minimum atomic E-state index is 0.180. The molecule has 0 fully saturated rings. The Kier molecular flexibility index (Phi) is 5.12. The minimum absolute atomic E-state index is 0.180. The van der Waals surface area contributed by atoms with Crippen LogP contribution >= 0.6 is 0 Å². The van der Waals surface area contributed by atoms with Crippen molar-refractivity contribution < 1.29 is 0 Å². The second kappa shape index (κ2) is 8.03. The molecule has 4 aromatic rings. The average Bonchev–Trinajstić information content (AvgIpc) is 2.77. The fourth-order valence-corrected chi connectivity index (χ4v) is 3.29. The number of nitriles is 1. The van der Waals surface area contributed by atoms with E-state index in [0.29, 0.717) is 12.1 Å². The van der Waals surface area contributed by atoms with Gasteiger partial charge in [-0.1, -0.05) is 25.1 Å². The Morgan fingerprint density at radius 3 is 2.76 bits per heavy atom. The highest BCUT2D eigenvalue weighted by atomic mass is 15.0. The number of aryl methyl sites for hydroxylation is 1. The van der Waals surface area contributed by atoms with Crippen LogP contribution in [0.15, 0.2) is 61.2 Å². The Morgan fingerprint density at radius 1 is 1.07 bits per heavy atom. The Hall–Kier alpha value is -3.85. The van der Waals surface area contributed by atoms with Crippen LogP contribution < -0.4 is 5.32 Å². The Labute approximate surface area is 169 Å². The number of pyridine rings is 2. The van der Waals surface area contributed by atoms with Crippen molar-refractivity contribution in [3.8, 4) is 17.3 Å². The molecule has 3 heterocycles. The van der Waals surface area contributed by atoms with E-state index in [4.69, 9.17) is 0 Å². The quantitative estimate of drug-likeness (QED) is 0.549. The molecule has 6 nitrogen and oxygen atoms in total. The van der Waals surface area contributed by atoms with Gasteiger partial charge in [0.1, 0.15) is 12.1 Å². The molecule has 3 aromatic heterocycles. The van der Waals surface area contributed by atoms with Crippen molar-refractivity contribution >= 4 is 16.7 Å². The largest absolute Gasteiger partial charge is 0.369 e. The van der Waals surface area contributed by atoms with E-state index in [1.807, 2.05) is 43.5 Å². The van der Waals surface area contributed by atoms with E-state index in [1.54, 1.807) is 18.6 Å². The Morgan fingerprint density at radius 2 is 1.97 bits per heavy atom. The van der Waals surface area contributed by atoms with Crippen molar-refractivity contribution in [2.45, 2.75) is 19.8 Å². The van der Waals surface area contributed by atoms with Crippen molar-refractivity contribution in [2.24, 2.45) is 0 Å². The standard InChI is InChI=1S/C23H20N6/c1-15(19-4-3-5-20-17(11-24)8-9-25-23(19)20)12-27-22-10-21(28-14-29-22)18-7-6-16(2)26-13-18/h3-10,13-15H,12H2,1-2H3,(H,27,28,29). The monoisotopic (exact) mass is 380 g/mol. The van der Waals surface area contributed by atoms with Gasteiger partial charge in [0, 0.05) is 47.6 Å². The molecule has 1 unspecified atom stereocenters. The molecule has 1 aromatic carbocycles. The molecule has 0 aliphatic rings. The van der Waals surface area contributed by atoms with Crippen molar-refractivity contribution in [1.82, 2.24) is 19.9 Å². The maximum atomic E-state index is 9.34. The minimum Gasteiger partial charge on any atom is -0.369 e. The molecule has 0 amide bonds. The fraction of sp³-hybridized carbons (Fsp3) is 0.174. The van der Waals surface area contributed by atoms with E-state index >= 15 is 0 Å². The van der Waals surface area contributed by atoms with Crippen molar-refractivity contribution in [1.29, 1.82) is 5.26 Å². The van der Waals surface area contributed by atoms with E-state index in [2.05, 4.69) is 44.3 Å². The van der Waals surface area contributed by atoms with E-state index in [9.17, 15) is 5.26 Å². The van der Waals surface area contributed by atoms with Gasteiger partial charge in [0.25, 0.3) is 0 Å². The summed E-state index contributed by atoms with van der Waals surface area (Å²) in [5.41, 5.74) is 5.37. The number of nitrogens with one attached hydrogen (secondary N) is 1. The predicted molar refractivity (Wildman–Crippen MR) is 113 cm³/mol. The maximum Gasteiger partial charge on any atom is 0.129 e. The molecule has 4 rings (SSSR count). The molecule has 0 saturated carbocycles. The number of hydrogen-bond acceptors (Lipinski definition) is 6. The molecule has 0 spiro atoms. The lowest BCUT2D eigenvalue weighted by Crippen LogP contribution is -2.12. The summed E-state index contributed by atoms with van der Waals surface area (Å²) in [6.07, 6.45) is 5.07. The van der Waals surface area contributed by atoms with Gasteiger partial charge < -0.3 is 5.32 Å². The number of fused-ring (bicyclic) bond motifs is 1. The van der Waals surface area contributed by atoms with Gasteiger partial charge >= 0.3 is 0 Å². The molecule has 0 bridgehead atoms. The lowest BCUT2D eigenvalue weighted by Gasteiger charge is -2.16. The zero-order chi connectivity index (χ0) is 20.2. The first-order chi connectivity index (χ1) is 14.2. The first-order valence-corrected chi connectivity index (χ1v) is 9.42. The van der Waals surface area contributed by atoms with Crippen LogP contribution in [0.4, 0.5) is 5.82 Å². The van der Waals surface area contributed by atoms with Crippen molar-refractivity contribution in [3.63, 3.8) is 0 Å². The zero-order valence-electron chi connectivity index (χ0n) is 16.3. The molecule has 1 N–H and O–H groups in total. The molecule has 0 radical (unpaired) electrons. The first-order valence-electron chi connectivity index (χ1n) is 9.42. The third-order valence-electron chi connectivity index (χ3n) is 4.92.